The second kappa shape index (κ2) is 7.23. The Morgan fingerprint density at radius 2 is 1.93 bits per heavy atom. The standard InChI is InChI=1S/C23H24FN3O/c1-4-15(2)21-23(28)26(3)22-19(13-25-21)18-12-17(24)10-11-20(18)27(22)14-16-8-6-5-7-9-16/h5-13,15,21H,4,14H2,1-3H3. The Morgan fingerprint density at radius 1 is 1.18 bits per heavy atom. The first-order chi connectivity index (χ1) is 13.5. The van der Waals surface area contributed by atoms with Crippen LogP contribution in [-0.4, -0.2) is 29.8 Å². The Morgan fingerprint density at radius 3 is 2.64 bits per heavy atom. The van der Waals surface area contributed by atoms with E-state index in [9.17, 15) is 9.18 Å². The average molecular weight is 377 g/mol. The Bertz CT molecular complexity index is 1050. The normalized spacial score (nSPS) is 17.6. The summed E-state index contributed by atoms with van der Waals surface area (Å²) >= 11 is 0. The number of aliphatic imine (C=N–C) groups is 1. The highest BCUT2D eigenvalue weighted by atomic mass is 19.1. The summed E-state index contributed by atoms with van der Waals surface area (Å²) in [6.45, 7) is 4.70. The summed E-state index contributed by atoms with van der Waals surface area (Å²) in [7, 11) is 1.79. The molecule has 5 heteroatoms. The van der Waals surface area contributed by atoms with E-state index in [-0.39, 0.29) is 17.6 Å². The third-order valence-corrected chi connectivity index (χ3v) is 5.67. The molecule has 1 amide bonds. The van der Waals surface area contributed by atoms with E-state index < -0.39 is 6.04 Å². The van der Waals surface area contributed by atoms with Crippen LogP contribution in [0.4, 0.5) is 10.2 Å². The maximum Gasteiger partial charge on any atom is 0.252 e. The number of benzene rings is 2. The van der Waals surface area contributed by atoms with Gasteiger partial charge in [0, 0.05) is 30.8 Å². The van der Waals surface area contributed by atoms with Gasteiger partial charge in [-0.3, -0.25) is 14.7 Å². The minimum Gasteiger partial charge on any atom is -0.322 e. The Kier molecular flexibility index (Phi) is 4.75. The predicted octanol–water partition coefficient (Wildman–Crippen LogP) is 4.64. The minimum atomic E-state index is -0.420. The summed E-state index contributed by atoms with van der Waals surface area (Å²) < 4.78 is 16.1. The zero-order chi connectivity index (χ0) is 19.8. The largest absolute Gasteiger partial charge is 0.322 e. The van der Waals surface area contributed by atoms with Gasteiger partial charge in [-0.15, -0.1) is 0 Å². The van der Waals surface area contributed by atoms with E-state index in [1.807, 2.05) is 25.1 Å². The number of carbonyl (C=O) groups is 1. The van der Waals surface area contributed by atoms with Gasteiger partial charge in [-0.1, -0.05) is 50.6 Å². The van der Waals surface area contributed by atoms with Crippen LogP contribution in [0, 0.1) is 11.7 Å². The van der Waals surface area contributed by atoms with Crippen molar-refractivity contribution in [2.75, 3.05) is 11.9 Å². The molecule has 0 saturated heterocycles. The molecular formula is C23H24FN3O. The fourth-order valence-electron chi connectivity index (χ4n) is 3.89. The smallest absolute Gasteiger partial charge is 0.252 e. The predicted molar refractivity (Wildman–Crippen MR) is 112 cm³/mol. The van der Waals surface area contributed by atoms with Crippen molar-refractivity contribution in [1.29, 1.82) is 0 Å². The van der Waals surface area contributed by atoms with Gasteiger partial charge in [0.15, 0.2) is 0 Å². The molecule has 0 N–H and O–H groups in total. The molecule has 28 heavy (non-hydrogen) atoms. The van der Waals surface area contributed by atoms with Crippen LogP contribution >= 0.6 is 0 Å². The van der Waals surface area contributed by atoms with Crippen molar-refractivity contribution in [3.8, 4) is 0 Å². The molecule has 0 aliphatic carbocycles. The Balaban J connectivity index is 1.93. The minimum absolute atomic E-state index is 0.0260. The number of aromatic nitrogens is 1. The molecule has 0 radical (unpaired) electrons. The van der Waals surface area contributed by atoms with E-state index in [4.69, 9.17) is 0 Å². The topological polar surface area (TPSA) is 37.6 Å². The second-order valence-corrected chi connectivity index (χ2v) is 7.48. The lowest BCUT2D eigenvalue weighted by Crippen LogP contribution is -2.39. The van der Waals surface area contributed by atoms with Gasteiger partial charge in [-0.25, -0.2) is 4.39 Å². The molecule has 1 aliphatic rings. The number of hydrogen-bond acceptors (Lipinski definition) is 2. The Hall–Kier alpha value is -2.95. The lowest BCUT2D eigenvalue weighted by molar-refractivity contribution is -0.120. The third kappa shape index (κ3) is 3.01. The van der Waals surface area contributed by atoms with Gasteiger partial charge in [0.25, 0.3) is 5.91 Å². The molecule has 3 aromatic rings. The number of halogens is 1. The first-order valence-electron chi connectivity index (χ1n) is 9.67. The van der Waals surface area contributed by atoms with Gasteiger partial charge in [-0.05, 0) is 29.7 Å². The van der Waals surface area contributed by atoms with Gasteiger partial charge in [-0.2, -0.15) is 0 Å². The van der Waals surface area contributed by atoms with Crippen molar-refractivity contribution in [1.82, 2.24) is 4.57 Å². The molecule has 2 unspecified atom stereocenters. The van der Waals surface area contributed by atoms with Crippen LogP contribution < -0.4 is 4.90 Å². The summed E-state index contributed by atoms with van der Waals surface area (Å²) in [6.07, 6.45) is 2.63. The molecule has 1 aliphatic heterocycles. The van der Waals surface area contributed by atoms with Crippen molar-refractivity contribution in [2.24, 2.45) is 10.9 Å². The number of likely N-dealkylation sites (N-methyl/N-ethyl adjacent to an activating group) is 1. The first kappa shape index (κ1) is 18.4. The van der Waals surface area contributed by atoms with Crippen LogP contribution in [0.5, 0.6) is 0 Å². The maximum atomic E-state index is 14.0. The fraction of sp³-hybridized carbons (Fsp3) is 0.304. The van der Waals surface area contributed by atoms with E-state index in [2.05, 4.69) is 28.6 Å². The first-order valence-corrected chi connectivity index (χ1v) is 9.67. The van der Waals surface area contributed by atoms with Gasteiger partial charge in [0.2, 0.25) is 0 Å². The summed E-state index contributed by atoms with van der Waals surface area (Å²) in [6, 6.07) is 14.4. The van der Waals surface area contributed by atoms with Crippen molar-refractivity contribution >= 4 is 28.8 Å². The quantitative estimate of drug-likeness (QED) is 0.653. The van der Waals surface area contributed by atoms with Gasteiger partial charge in [0.1, 0.15) is 17.7 Å². The van der Waals surface area contributed by atoms with Crippen molar-refractivity contribution in [3.63, 3.8) is 0 Å². The molecule has 0 spiro atoms. The molecule has 2 aromatic carbocycles. The number of amides is 1. The lowest BCUT2D eigenvalue weighted by Gasteiger charge is -2.24. The summed E-state index contributed by atoms with van der Waals surface area (Å²) in [5, 5.41) is 0.777. The zero-order valence-corrected chi connectivity index (χ0v) is 16.4. The number of carbonyl (C=O) groups excluding carboxylic acids is 1. The molecule has 1 aromatic heterocycles. The van der Waals surface area contributed by atoms with Crippen LogP contribution in [0.25, 0.3) is 10.9 Å². The highest BCUT2D eigenvalue weighted by Gasteiger charge is 2.33. The van der Waals surface area contributed by atoms with Crippen molar-refractivity contribution in [3.05, 3.63) is 65.5 Å². The molecule has 0 bridgehead atoms. The highest BCUT2D eigenvalue weighted by Crippen LogP contribution is 2.35. The van der Waals surface area contributed by atoms with Crippen LogP contribution in [0.3, 0.4) is 0 Å². The van der Waals surface area contributed by atoms with Crippen molar-refractivity contribution < 1.29 is 9.18 Å². The van der Waals surface area contributed by atoms with Crippen LogP contribution in [0.1, 0.15) is 31.4 Å². The number of fused-ring (bicyclic) bond motifs is 3. The molecule has 0 saturated carbocycles. The molecule has 4 nitrogen and oxygen atoms in total. The lowest BCUT2D eigenvalue weighted by atomic mass is 9.99. The van der Waals surface area contributed by atoms with E-state index in [1.165, 1.54) is 12.1 Å². The SMILES string of the molecule is CCC(C)C1N=Cc2c(n(Cc3ccccc3)c3ccc(F)cc23)N(C)C1=O. The summed E-state index contributed by atoms with van der Waals surface area (Å²) in [5.41, 5.74) is 2.81. The molecule has 2 atom stereocenters. The van der Waals surface area contributed by atoms with Crippen LogP contribution in [0.2, 0.25) is 0 Å². The molecular weight excluding hydrogens is 353 g/mol. The van der Waals surface area contributed by atoms with Crippen LogP contribution in [-0.2, 0) is 11.3 Å². The summed E-state index contributed by atoms with van der Waals surface area (Å²) in [4.78, 5) is 19.5. The number of nitrogens with zero attached hydrogens (tertiary/aromatic N) is 3. The average Bonchev–Trinajstić information content (AvgIpc) is 2.92. The summed E-state index contributed by atoms with van der Waals surface area (Å²) in [5.74, 6) is 0.587. The molecule has 144 valence electrons. The Labute approximate surface area is 164 Å². The molecule has 0 fully saturated rings. The van der Waals surface area contributed by atoms with Gasteiger partial charge < -0.3 is 4.57 Å². The van der Waals surface area contributed by atoms with E-state index in [0.717, 1.165) is 34.3 Å². The zero-order valence-electron chi connectivity index (χ0n) is 16.4. The van der Waals surface area contributed by atoms with E-state index in [0.29, 0.717) is 6.54 Å². The van der Waals surface area contributed by atoms with Crippen LogP contribution in [0.15, 0.2) is 53.5 Å². The van der Waals surface area contributed by atoms with Crippen molar-refractivity contribution in [2.45, 2.75) is 32.9 Å². The monoisotopic (exact) mass is 377 g/mol. The van der Waals surface area contributed by atoms with E-state index >= 15 is 0 Å². The second-order valence-electron chi connectivity index (χ2n) is 7.48. The number of hydrogen-bond donors (Lipinski definition) is 0. The highest BCUT2D eigenvalue weighted by molar-refractivity contribution is 6.12. The fourth-order valence-corrected chi connectivity index (χ4v) is 3.89. The third-order valence-electron chi connectivity index (χ3n) is 5.67. The van der Waals surface area contributed by atoms with E-state index in [1.54, 1.807) is 24.2 Å². The number of anilines is 1. The molecule has 4 rings (SSSR count). The van der Waals surface area contributed by atoms with Gasteiger partial charge >= 0.3 is 0 Å². The van der Waals surface area contributed by atoms with Gasteiger partial charge in [0.05, 0.1) is 5.52 Å². The molecule has 2 heterocycles. The number of rotatable bonds is 4. The maximum absolute atomic E-state index is 14.0.